The maximum atomic E-state index is 8.66. The molecule has 0 amide bonds. The molecular formula is C17H31N. The van der Waals surface area contributed by atoms with E-state index in [-0.39, 0.29) is 5.92 Å². The average molecular weight is 249 g/mol. The highest BCUT2D eigenvalue weighted by Gasteiger charge is 1.98. The zero-order valence-corrected chi connectivity index (χ0v) is 12.3. The molecule has 0 aliphatic heterocycles. The van der Waals surface area contributed by atoms with Crippen LogP contribution in [0.25, 0.3) is 0 Å². The van der Waals surface area contributed by atoms with E-state index in [1.807, 2.05) is 13.0 Å². The third-order valence-electron chi connectivity index (χ3n) is 3.52. The molecule has 0 aliphatic rings. The van der Waals surface area contributed by atoms with E-state index in [9.17, 15) is 0 Å². The first-order valence-corrected chi connectivity index (χ1v) is 7.81. The number of hydrogen-bond acceptors (Lipinski definition) is 1. The summed E-state index contributed by atoms with van der Waals surface area (Å²) < 4.78 is 0. The van der Waals surface area contributed by atoms with Crippen LogP contribution in [0.3, 0.4) is 0 Å². The highest BCUT2D eigenvalue weighted by molar-refractivity contribution is 4.77. The van der Waals surface area contributed by atoms with Crippen LogP contribution in [0, 0.1) is 17.2 Å². The van der Waals surface area contributed by atoms with Crippen molar-refractivity contribution in [2.24, 2.45) is 5.92 Å². The van der Waals surface area contributed by atoms with Crippen molar-refractivity contribution in [1.29, 1.82) is 5.26 Å². The largest absolute Gasteiger partial charge is 0.198 e. The van der Waals surface area contributed by atoms with Gasteiger partial charge < -0.3 is 0 Å². The van der Waals surface area contributed by atoms with E-state index in [0.717, 1.165) is 6.42 Å². The molecular weight excluding hydrogens is 218 g/mol. The lowest BCUT2D eigenvalue weighted by Gasteiger charge is -2.03. The van der Waals surface area contributed by atoms with Crippen LogP contribution in [0.1, 0.15) is 84.0 Å². The third-order valence-corrected chi connectivity index (χ3v) is 3.52. The summed E-state index contributed by atoms with van der Waals surface area (Å²) in [6.45, 7) is 5.76. The topological polar surface area (TPSA) is 23.8 Å². The number of rotatable bonds is 13. The van der Waals surface area contributed by atoms with Gasteiger partial charge in [-0.25, -0.2) is 0 Å². The Morgan fingerprint density at radius 3 is 1.78 bits per heavy atom. The SMILES string of the molecule is C=CCCCCCCCCCCCCC(C)C#N. The van der Waals surface area contributed by atoms with Crippen molar-refractivity contribution >= 4 is 0 Å². The Balaban J connectivity index is 2.99. The molecule has 1 unspecified atom stereocenters. The van der Waals surface area contributed by atoms with Gasteiger partial charge in [0.05, 0.1) is 6.07 Å². The first kappa shape index (κ1) is 17.2. The van der Waals surface area contributed by atoms with E-state index in [2.05, 4.69) is 12.6 Å². The van der Waals surface area contributed by atoms with Gasteiger partial charge in [-0.15, -0.1) is 6.58 Å². The molecule has 0 spiro atoms. The van der Waals surface area contributed by atoms with Crippen LogP contribution in [-0.2, 0) is 0 Å². The van der Waals surface area contributed by atoms with E-state index in [4.69, 9.17) is 5.26 Å². The van der Waals surface area contributed by atoms with Gasteiger partial charge in [0.1, 0.15) is 0 Å². The lowest BCUT2D eigenvalue weighted by molar-refractivity contribution is 0.528. The molecule has 1 heteroatoms. The standard InChI is InChI=1S/C17H31N/c1-3-4-5-6-7-8-9-10-11-12-13-14-15-17(2)16-18/h3,17H,1,4-15H2,2H3. The van der Waals surface area contributed by atoms with Gasteiger partial charge in [-0.05, 0) is 26.2 Å². The lowest BCUT2D eigenvalue weighted by atomic mass is 10.0. The minimum absolute atomic E-state index is 0.251. The number of unbranched alkanes of at least 4 members (excludes halogenated alkanes) is 10. The Hall–Kier alpha value is -0.770. The van der Waals surface area contributed by atoms with Crippen molar-refractivity contribution in [3.05, 3.63) is 12.7 Å². The van der Waals surface area contributed by atoms with Crippen molar-refractivity contribution < 1.29 is 0 Å². The molecule has 0 radical (unpaired) electrons. The first-order valence-electron chi connectivity index (χ1n) is 7.81. The van der Waals surface area contributed by atoms with E-state index in [1.165, 1.54) is 70.6 Å². The van der Waals surface area contributed by atoms with E-state index >= 15 is 0 Å². The fraction of sp³-hybridized carbons (Fsp3) is 0.824. The molecule has 0 aromatic heterocycles. The summed E-state index contributed by atoms with van der Waals surface area (Å²) in [5, 5.41) is 8.66. The lowest BCUT2D eigenvalue weighted by Crippen LogP contribution is -1.89. The van der Waals surface area contributed by atoms with Gasteiger partial charge in [-0.1, -0.05) is 63.9 Å². The van der Waals surface area contributed by atoms with Crippen LogP contribution >= 0.6 is 0 Å². The van der Waals surface area contributed by atoms with Crippen LogP contribution in [0.5, 0.6) is 0 Å². The second-order valence-corrected chi connectivity index (χ2v) is 5.43. The molecule has 0 heterocycles. The van der Waals surface area contributed by atoms with Crippen LogP contribution in [0.4, 0.5) is 0 Å². The van der Waals surface area contributed by atoms with Gasteiger partial charge in [0, 0.05) is 5.92 Å². The molecule has 0 aromatic rings. The van der Waals surface area contributed by atoms with Gasteiger partial charge in [0.2, 0.25) is 0 Å². The molecule has 0 saturated carbocycles. The number of nitriles is 1. The van der Waals surface area contributed by atoms with Gasteiger partial charge >= 0.3 is 0 Å². The smallest absolute Gasteiger partial charge is 0.0652 e. The van der Waals surface area contributed by atoms with Crippen LogP contribution in [0.2, 0.25) is 0 Å². The summed E-state index contributed by atoms with van der Waals surface area (Å²) in [4.78, 5) is 0. The molecule has 0 aliphatic carbocycles. The fourth-order valence-corrected chi connectivity index (χ4v) is 2.22. The first-order chi connectivity index (χ1) is 8.81. The Morgan fingerprint density at radius 2 is 1.33 bits per heavy atom. The van der Waals surface area contributed by atoms with Crippen LogP contribution < -0.4 is 0 Å². The number of hydrogen-bond donors (Lipinski definition) is 0. The Labute approximate surface area is 114 Å². The zero-order chi connectivity index (χ0) is 13.5. The van der Waals surface area contributed by atoms with E-state index in [0.29, 0.717) is 0 Å². The average Bonchev–Trinajstić information content (AvgIpc) is 2.39. The van der Waals surface area contributed by atoms with Gasteiger partial charge in [-0.2, -0.15) is 5.26 Å². The molecule has 0 bridgehead atoms. The summed E-state index contributed by atoms with van der Waals surface area (Å²) >= 11 is 0. The van der Waals surface area contributed by atoms with E-state index in [1.54, 1.807) is 0 Å². The minimum Gasteiger partial charge on any atom is -0.198 e. The maximum absolute atomic E-state index is 8.66. The minimum atomic E-state index is 0.251. The van der Waals surface area contributed by atoms with Crippen molar-refractivity contribution in [2.45, 2.75) is 84.0 Å². The summed E-state index contributed by atoms with van der Waals surface area (Å²) in [6, 6.07) is 2.30. The summed E-state index contributed by atoms with van der Waals surface area (Å²) in [6.07, 6.45) is 17.9. The highest BCUT2D eigenvalue weighted by Crippen LogP contribution is 2.13. The molecule has 1 nitrogen and oxygen atoms in total. The van der Waals surface area contributed by atoms with E-state index < -0.39 is 0 Å². The van der Waals surface area contributed by atoms with Crippen molar-refractivity contribution in [3.63, 3.8) is 0 Å². The monoisotopic (exact) mass is 249 g/mol. The molecule has 104 valence electrons. The Bertz CT molecular complexity index is 214. The number of allylic oxidation sites excluding steroid dienone is 1. The van der Waals surface area contributed by atoms with Gasteiger partial charge in [0.15, 0.2) is 0 Å². The van der Waals surface area contributed by atoms with Crippen LogP contribution in [0.15, 0.2) is 12.7 Å². The second-order valence-electron chi connectivity index (χ2n) is 5.43. The molecule has 1 atom stereocenters. The van der Waals surface area contributed by atoms with Crippen molar-refractivity contribution in [1.82, 2.24) is 0 Å². The highest BCUT2D eigenvalue weighted by atomic mass is 14.3. The molecule has 0 aromatic carbocycles. The maximum Gasteiger partial charge on any atom is 0.0652 e. The zero-order valence-electron chi connectivity index (χ0n) is 12.3. The Morgan fingerprint density at radius 1 is 0.889 bits per heavy atom. The van der Waals surface area contributed by atoms with Gasteiger partial charge in [0.25, 0.3) is 0 Å². The predicted molar refractivity (Wildman–Crippen MR) is 80.4 cm³/mol. The summed E-state index contributed by atoms with van der Waals surface area (Å²) in [7, 11) is 0. The predicted octanol–water partition coefficient (Wildman–Crippen LogP) is 6.01. The molecule has 0 fully saturated rings. The fourth-order valence-electron chi connectivity index (χ4n) is 2.22. The molecule has 0 saturated heterocycles. The Kier molecular flexibility index (Phi) is 13.7. The van der Waals surface area contributed by atoms with Crippen molar-refractivity contribution in [3.8, 4) is 6.07 Å². The summed E-state index contributed by atoms with van der Waals surface area (Å²) in [5.41, 5.74) is 0. The summed E-state index contributed by atoms with van der Waals surface area (Å²) in [5.74, 6) is 0.251. The van der Waals surface area contributed by atoms with Gasteiger partial charge in [-0.3, -0.25) is 0 Å². The van der Waals surface area contributed by atoms with Crippen molar-refractivity contribution in [2.75, 3.05) is 0 Å². The second kappa shape index (κ2) is 14.3. The van der Waals surface area contributed by atoms with Crippen LogP contribution in [-0.4, -0.2) is 0 Å². The molecule has 0 rings (SSSR count). The third kappa shape index (κ3) is 13.3. The quantitative estimate of drug-likeness (QED) is 0.289. The molecule has 18 heavy (non-hydrogen) atoms. The number of nitrogens with zero attached hydrogens (tertiary/aromatic N) is 1. The normalized spacial score (nSPS) is 12.0. The molecule has 0 N–H and O–H groups in total.